The minimum atomic E-state index is 0.158. The van der Waals surface area contributed by atoms with Crippen LogP contribution in [0.15, 0.2) is 84.9 Å². The van der Waals surface area contributed by atoms with Crippen LogP contribution >= 0.6 is 0 Å². The highest BCUT2D eigenvalue weighted by Gasteiger charge is 2.21. The number of ether oxygens (including phenoxy) is 1. The molecule has 3 rings (SSSR count). The van der Waals surface area contributed by atoms with Crippen LogP contribution in [0.1, 0.15) is 35.6 Å². The zero-order valence-electron chi connectivity index (χ0n) is 16.3. The summed E-state index contributed by atoms with van der Waals surface area (Å²) >= 11 is 0. The van der Waals surface area contributed by atoms with E-state index in [0.29, 0.717) is 6.42 Å². The van der Waals surface area contributed by atoms with Gasteiger partial charge in [0.1, 0.15) is 5.75 Å². The molecule has 142 valence electrons. The Morgan fingerprint density at radius 2 is 1.36 bits per heavy atom. The molecular weight excluding hydrogens is 344 g/mol. The predicted octanol–water partition coefficient (Wildman–Crippen LogP) is 5.74. The summed E-state index contributed by atoms with van der Waals surface area (Å²) in [7, 11) is 1.68. The summed E-state index contributed by atoms with van der Waals surface area (Å²) in [4.78, 5) is 2.46. The van der Waals surface area contributed by atoms with Gasteiger partial charge in [-0.25, -0.2) is 0 Å². The number of methoxy groups -OCH3 is 1. The van der Waals surface area contributed by atoms with Crippen LogP contribution in [0.4, 0.5) is 0 Å². The van der Waals surface area contributed by atoms with E-state index in [9.17, 15) is 5.26 Å². The van der Waals surface area contributed by atoms with E-state index in [2.05, 4.69) is 71.6 Å². The second-order valence-electron chi connectivity index (χ2n) is 6.86. The summed E-state index contributed by atoms with van der Waals surface area (Å²) in [6, 6.07) is 31.7. The quantitative estimate of drug-likeness (QED) is 0.482. The maximum atomic E-state index is 9.22. The third-order valence-corrected chi connectivity index (χ3v) is 4.93. The Morgan fingerprint density at radius 1 is 0.821 bits per heavy atom. The maximum Gasteiger partial charge on any atom is 0.118 e. The van der Waals surface area contributed by atoms with Gasteiger partial charge in [-0.1, -0.05) is 72.8 Å². The first kappa shape index (κ1) is 19.7. The number of nitrogens with zero attached hydrogens (tertiary/aromatic N) is 2. The second kappa shape index (κ2) is 10.3. The summed E-state index contributed by atoms with van der Waals surface area (Å²) in [5.74, 6) is 0.848. The lowest BCUT2D eigenvalue weighted by molar-refractivity contribution is 0.170. The molecular formula is C25H26N2O. The van der Waals surface area contributed by atoms with Gasteiger partial charge in [-0.3, -0.25) is 4.90 Å². The van der Waals surface area contributed by atoms with Crippen LogP contribution in [0.25, 0.3) is 0 Å². The van der Waals surface area contributed by atoms with Crippen LogP contribution in [-0.2, 0) is 13.1 Å². The lowest BCUT2D eigenvalue weighted by atomic mass is 9.98. The van der Waals surface area contributed by atoms with Crippen LogP contribution in [-0.4, -0.2) is 12.0 Å². The van der Waals surface area contributed by atoms with Crippen LogP contribution in [0.2, 0.25) is 0 Å². The highest BCUT2D eigenvalue weighted by Crippen LogP contribution is 2.30. The Morgan fingerprint density at radius 3 is 1.82 bits per heavy atom. The van der Waals surface area contributed by atoms with Crippen molar-refractivity contribution in [1.82, 2.24) is 4.90 Å². The minimum absolute atomic E-state index is 0.158. The van der Waals surface area contributed by atoms with Gasteiger partial charge in [0.15, 0.2) is 0 Å². The molecule has 0 spiro atoms. The number of hydrogen-bond donors (Lipinski definition) is 0. The van der Waals surface area contributed by atoms with E-state index in [0.717, 1.165) is 25.3 Å². The Hall–Kier alpha value is -3.09. The molecule has 0 N–H and O–H groups in total. The first-order valence-corrected chi connectivity index (χ1v) is 9.63. The Labute approximate surface area is 167 Å². The van der Waals surface area contributed by atoms with Gasteiger partial charge in [-0.05, 0) is 35.2 Å². The van der Waals surface area contributed by atoms with Gasteiger partial charge in [0.05, 0.1) is 13.2 Å². The highest BCUT2D eigenvalue weighted by molar-refractivity contribution is 5.30. The van der Waals surface area contributed by atoms with E-state index in [-0.39, 0.29) is 6.04 Å². The van der Waals surface area contributed by atoms with Crippen molar-refractivity contribution in [2.24, 2.45) is 0 Å². The largest absolute Gasteiger partial charge is 0.497 e. The van der Waals surface area contributed by atoms with E-state index < -0.39 is 0 Å². The third-order valence-electron chi connectivity index (χ3n) is 4.93. The molecule has 0 fully saturated rings. The molecule has 0 saturated carbocycles. The van der Waals surface area contributed by atoms with Gasteiger partial charge in [0.2, 0.25) is 0 Å². The topological polar surface area (TPSA) is 36.3 Å². The molecule has 28 heavy (non-hydrogen) atoms. The number of nitriles is 1. The molecule has 0 aromatic heterocycles. The van der Waals surface area contributed by atoms with E-state index in [1.165, 1.54) is 16.7 Å². The zero-order chi connectivity index (χ0) is 19.6. The molecule has 1 atom stereocenters. The average molecular weight is 370 g/mol. The molecule has 3 heteroatoms. The molecule has 0 aliphatic rings. The fourth-order valence-corrected chi connectivity index (χ4v) is 3.50. The first-order chi connectivity index (χ1) is 13.8. The van der Waals surface area contributed by atoms with E-state index in [1.54, 1.807) is 7.11 Å². The third kappa shape index (κ3) is 5.45. The Bertz CT molecular complexity index is 828. The molecule has 0 amide bonds. The minimum Gasteiger partial charge on any atom is -0.497 e. The molecule has 0 radical (unpaired) electrons. The molecule has 0 unspecified atom stereocenters. The van der Waals surface area contributed by atoms with Gasteiger partial charge >= 0.3 is 0 Å². The molecule has 0 bridgehead atoms. The second-order valence-corrected chi connectivity index (χ2v) is 6.86. The lowest BCUT2D eigenvalue weighted by Crippen LogP contribution is -2.28. The van der Waals surface area contributed by atoms with Crippen molar-refractivity contribution in [3.05, 3.63) is 102 Å². The van der Waals surface area contributed by atoms with Gasteiger partial charge in [-0.2, -0.15) is 5.26 Å². The maximum absolute atomic E-state index is 9.22. The normalized spacial score (nSPS) is 11.8. The van der Waals surface area contributed by atoms with Crippen molar-refractivity contribution in [2.45, 2.75) is 32.0 Å². The van der Waals surface area contributed by atoms with Crippen molar-refractivity contribution in [3.63, 3.8) is 0 Å². The number of hydrogen-bond acceptors (Lipinski definition) is 3. The SMILES string of the molecule is COc1ccc([C@@H](CCC#N)N(Cc2ccccc2)Cc2ccccc2)cc1. The molecule has 0 aliphatic heterocycles. The van der Waals surface area contributed by atoms with E-state index >= 15 is 0 Å². The van der Waals surface area contributed by atoms with Gasteiger partial charge in [-0.15, -0.1) is 0 Å². The molecule has 0 saturated heterocycles. The molecule has 3 nitrogen and oxygen atoms in total. The number of rotatable bonds is 9. The highest BCUT2D eigenvalue weighted by atomic mass is 16.5. The molecule has 3 aromatic carbocycles. The summed E-state index contributed by atoms with van der Waals surface area (Å²) in [5.41, 5.74) is 3.76. The average Bonchev–Trinajstić information content (AvgIpc) is 2.76. The van der Waals surface area contributed by atoms with E-state index in [4.69, 9.17) is 4.74 Å². The van der Waals surface area contributed by atoms with Gasteiger partial charge < -0.3 is 4.74 Å². The number of benzene rings is 3. The Balaban J connectivity index is 1.92. The van der Waals surface area contributed by atoms with Crippen LogP contribution in [0.5, 0.6) is 5.75 Å². The summed E-state index contributed by atoms with van der Waals surface area (Å²) in [6.07, 6.45) is 1.32. The van der Waals surface area contributed by atoms with Crippen molar-refractivity contribution in [1.29, 1.82) is 5.26 Å². The van der Waals surface area contributed by atoms with Crippen LogP contribution < -0.4 is 4.74 Å². The zero-order valence-corrected chi connectivity index (χ0v) is 16.3. The smallest absolute Gasteiger partial charge is 0.118 e. The summed E-state index contributed by atoms with van der Waals surface area (Å²) < 4.78 is 5.32. The van der Waals surface area contributed by atoms with Crippen LogP contribution in [0.3, 0.4) is 0 Å². The first-order valence-electron chi connectivity index (χ1n) is 9.63. The van der Waals surface area contributed by atoms with Crippen LogP contribution in [0, 0.1) is 11.3 Å². The summed E-state index contributed by atoms with van der Waals surface area (Å²) in [5, 5.41) is 9.22. The van der Waals surface area contributed by atoms with Gasteiger partial charge in [0.25, 0.3) is 0 Å². The Kier molecular flexibility index (Phi) is 7.23. The van der Waals surface area contributed by atoms with E-state index in [1.807, 2.05) is 24.3 Å². The van der Waals surface area contributed by atoms with Crippen molar-refractivity contribution in [2.75, 3.05) is 7.11 Å². The molecule has 0 heterocycles. The fraction of sp³-hybridized carbons (Fsp3) is 0.240. The fourth-order valence-electron chi connectivity index (χ4n) is 3.50. The monoisotopic (exact) mass is 370 g/mol. The van der Waals surface area contributed by atoms with Crippen molar-refractivity contribution in [3.8, 4) is 11.8 Å². The van der Waals surface area contributed by atoms with Crippen molar-refractivity contribution >= 4 is 0 Å². The predicted molar refractivity (Wildman–Crippen MR) is 113 cm³/mol. The van der Waals surface area contributed by atoms with Crippen molar-refractivity contribution < 1.29 is 4.74 Å². The summed E-state index contributed by atoms with van der Waals surface area (Å²) in [6.45, 7) is 1.66. The van der Waals surface area contributed by atoms with Gasteiger partial charge in [0, 0.05) is 25.6 Å². The standard InChI is InChI=1S/C25H26N2O/c1-28-24-16-14-23(15-17-24)25(13-8-18-26)27(19-21-9-4-2-5-10-21)20-22-11-6-3-7-12-22/h2-7,9-12,14-17,25H,8,13,19-20H2,1H3/t25-/m1/s1. The molecule has 0 aliphatic carbocycles. The lowest BCUT2D eigenvalue weighted by Gasteiger charge is -2.32. The molecule has 3 aromatic rings.